The zero-order valence-corrected chi connectivity index (χ0v) is 19.9. The van der Waals surface area contributed by atoms with Gasteiger partial charge in [-0.3, -0.25) is 0 Å². The fourth-order valence-electron chi connectivity index (χ4n) is 3.85. The van der Waals surface area contributed by atoms with Crippen LogP contribution in [0.15, 0.2) is 30.3 Å². The third kappa shape index (κ3) is 14.5. The lowest BCUT2D eigenvalue weighted by Gasteiger charge is -2.27. The minimum Gasteiger partial charge on any atom is -0.308 e. The predicted molar refractivity (Wildman–Crippen MR) is 130 cm³/mol. The summed E-state index contributed by atoms with van der Waals surface area (Å²) in [5, 5.41) is 3.72. The molecular formula is C26H48ClN. The fourth-order valence-corrected chi connectivity index (χ4v) is 3.85. The van der Waals surface area contributed by atoms with E-state index in [2.05, 4.69) is 56.4 Å². The largest absolute Gasteiger partial charge is 0.308 e. The average molecular weight is 410 g/mol. The molecule has 28 heavy (non-hydrogen) atoms. The third-order valence-electron chi connectivity index (χ3n) is 5.84. The van der Waals surface area contributed by atoms with Crippen molar-refractivity contribution in [2.24, 2.45) is 0 Å². The fraction of sp³-hybridized carbons (Fsp3) is 0.769. The maximum Gasteiger partial charge on any atom is 0.0377 e. The molecule has 0 fully saturated rings. The summed E-state index contributed by atoms with van der Waals surface area (Å²) in [6.45, 7) is 7.99. The van der Waals surface area contributed by atoms with Crippen LogP contribution in [-0.4, -0.2) is 6.54 Å². The minimum atomic E-state index is 0. The standard InChI is InChI=1S/C26H47N.ClH/c1-4-5-6-7-8-9-10-11-12-13-14-15-16-17-21-24-27-26(2,3)25-22-19-18-20-23-25;/h18-20,22-23,27H,4-17,21,24H2,1-3H3;1H. The number of unbranched alkanes of at least 4 members (excludes halogenated alkanes) is 14. The van der Waals surface area contributed by atoms with E-state index in [4.69, 9.17) is 0 Å². The van der Waals surface area contributed by atoms with Gasteiger partial charge in [-0.1, -0.05) is 127 Å². The lowest BCUT2D eigenvalue weighted by atomic mass is 9.94. The Morgan fingerprint density at radius 2 is 1.00 bits per heavy atom. The number of nitrogens with one attached hydrogen (secondary N) is 1. The molecule has 1 aromatic rings. The first-order valence-corrected chi connectivity index (χ1v) is 12.0. The van der Waals surface area contributed by atoms with Gasteiger partial charge in [-0.15, -0.1) is 12.4 Å². The zero-order valence-electron chi connectivity index (χ0n) is 19.1. The van der Waals surface area contributed by atoms with Crippen molar-refractivity contribution >= 4 is 12.4 Å². The average Bonchev–Trinajstić information content (AvgIpc) is 2.68. The lowest BCUT2D eigenvalue weighted by Crippen LogP contribution is -2.37. The summed E-state index contributed by atoms with van der Waals surface area (Å²) in [4.78, 5) is 0. The molecule has 1 rings (SSSR count). The van der Waals surface area contributed by atoms with Crippen LogP contribution >= 0.6 is 12.4 Å². The smallest absolute Gasteiger partial charge is 0.0377 e. The van der Waals surface area contributed by atoms with Gasteiger partial charge in [0.15, 0.2) is 0 Å². The van der Waals surface area contributed by atoms with Gasteiger partial charge in [0.25, 0.3) is 0 Å². The van der Waals surface area contributed by atoms with Gasteiger partial charge < -0.3 is 5.32 Å². The molecule has 0 spiro atoms. The minimum absolute atomic E-state index is 0. The van der Waals surface area contributed by atoms with Crippen LogP contribution in [-0.2, 0) is 5.54 Å². The summed E-state index contributed by atoms with van der Waals surface area (Å²) in [5.74, 6) is 0. The normalized spacial score (nSPS) is 11.4. The van der Waals surface area contributed by atoms with E-state index >= 15 is 0 Å². The molecule has 1 nitrogen and oxygen atoms in total. The van der Waals surface area contributed by atoms with Crippen LogP contribution in [0.5, 0.6) is 0 Å². The molecule has 1 N–H and O–H groups in total. The molecule has 2 heteroatoms. The summed E-state index contributed by atoms with van der Waals surface area (Å²) < 4.78 is 0. The van der Waals surface area contributed by atoms with Crippen LogP contribution in [0.3, 0.4) is 0 Å². The van der Waals surface area contributed by atoms with Crippen molar-refractivity contribution in [2.45, 2.75) is 123 Å². The lowest BCUT2D eigenvalue weighted by molar-refractivity contribution is 0.394. The summed E-state index contributed by atoms with van der Waals surface area (Å²) in [7, 11) is 0. The molecule has 0 aliphatic rings. The Morgan fingerprint density at radius 3 is 1.43 bits per heavy atom. The van der Waals surface area contributed by atoms with Crippen LogP contribution in [0.1, 0.15) is 123 Å². The van der Waals surface area contributed by atoms with E-state index in [1.54, 1.807) is 0 Å². The van der Waals surface area contributed by atoms with Crippen LogP contribution < -0.4 is 5.32 Å². The van der Waals surface area contributed by atoms with Crippen molar-refractivity contribution in [3.63, 3.8) is 0 Å². The first-order chi connectivity index (χ1) is 13.2. The van der Waals surface area contributed by atoms with Crippen molar-refractivity contribution in [1.29, 1.82) is 0 Å². The second kappa shape index (κ2) is 18.5. The van der Waals surface area contributed by atoms with Crippen molar-refractivity contribution in [3.05, 3.63) is 35.9 Å². The van der Waals surface area contributed by atoms with Gasteiger partial charge in [0.2, 0.25) is 0 Å². The summed E-state index contributed by atoms with van der Waals surface area (Å²) in [5.41, 5.74) is 1.46. The quantitative estimate of drug-likeness (QED) is 0.239. The molecule has 0 aliphatic heterocycles. The summed E-state index contributed by atoms with van der Waals surface area (Å²) in [6.07, 6.45) is 21.4. The highest BCUT2D eigenvalue weighted by atomic mass is 35.5. The maximum absolute atomic E-state index is 3.72. The zero-order chi connectivity index (χ0) is 19.6. The number of hydrogen-bond donors (Lipinski definition) is 1. The molecule has 0 aliphatic carbocycles. The molecular weight excluding hydrogens is 362 g/mol. The first-order valence-electron chi connectivity index (χ1n) is 12.0. The topological polar surface area (TPSA) is 12.0 Å². The monoisotopic (exact) mass is 409 g/mol. The molecule has 0 bridgehead atoms. The first kappa shape index (κ1) is 27.5. The van der Waals surface area contributed by atoms with Gasteiger partial charge in [0.1, 0.15) is 0 Å². The number of benzene rings is 1. The molecule has 0 unspecified atom stereocenters. The van der Waals surface area contributed by atoms with Crippen LogP contribution in [0.25, 0.3) is 0 Å². The van der Waals surface area contributed by atoms with E-state index < -0.39 is 0 Å². The number of hydrogen-bond acceptors (Lipinski definition) is 1. The van der Waals surface area contributed by atoms with Gasteiger partial charge in [-0.25, -0.2) is 0 Å². The van der Waals surface area contributed by atoms with Crippen molar-refractivity contribution < 1.29 is 0 Å². The van der Waals surface area contributed by atoms with E-state index in [0.29, 0.717) is 0 Å². The molecule has 0 aromatic heterocycles. The molecule has 1 aromatic carbocycles. The second-order valence-corrected chi connectivity index (χ2v) is 8.87. The van der Waals surface area contributed by atoms with E-state index in [1.807, 2.05) is 0 Å². The SMILES string of the molecule is CCCCCCCCCCCCCCCCCNC(C)(C)c1ccccc1.Cl. The molecule has 0 saturated carbocycles. The van der Waals surface area contributed by atoms with Crippen molar-refractivity contribution in [1.82, 2.24) is 5.32 Å². The summed E-state index contributed by atoms with van der Waals surface area (Å²) >= 11 is 0. The molecule has 0 amide bonds. The molecule has 0 heterocycles. The highest BCUT2D eigenvalue weighted by molar-refractivity contribution is 5.85. The van der Waals surface area contributed by atoms with E-state index in [0.717, 1.165) is 6.54 Å². The van der Waals surface area contributed by atoms with E-state index in [9.17, 15) is 0 Å². The summed E-state index contributed by atoms with van der Waals surface area (Å²) in [6, 6.07) is 10.8. The predicted octanol–water partition coefficient (Wildman–Crippen LogP) is 8.80. The van der Waals surface area contributed by atoms with Crippen LogP contribution in [0.2, 0.25) is 0 Å². The van der Waals surface area contributed by atoms with Gasteiger partial charge in [0.05, 0.1) is 0 Å². The van der Waals surface area contributed by atoms with E-state index in [-0.39, 0.29) is 17.9 Å². The Morgan fingerprint density at radius 1 is 0.607 bits per heavy atom. The Kier molecular flexibility index (Phi) is 18.1. The number of rotatable bonds is 18. The van der Waals surface area contributed by atoms with Gasteiger partial charge in [-0.2, -0.15) is 0 Å². The Hall–Kier alpha value is -0.530. The van der Waals surface area contributed by atoms with Gasteiger partial charge >= 0.3 is 0 Å². The van der Waals surface area contributed by atoms with Crippen molar-refractivity contribution in [2.75, 3.05) is 6.54 Å². The highest BCUT2D eigenvalue weighted by Gasteiger charge is 2.18. The molecule has 0 radical (unpaired) electrons. The van der Waals surface area contributed by atoms with Gasteiger partial charge in [-0.05, 0) is 32.4 Å². The Bertz CT molecular complexity index is 429. The van der Waals surface area contributed by atoms with E-state index in [1.165, 1.54) is 102 Å². The molecule has 0 saturated heterocycles. The second-order valence-electron chi connectivity index (χ2n) is 8.87. The van der Waals surface area contributed by atoms with Gasteiger partial charge in [0, 0.05) is 5.54 Å². The molecule has 0 atom stereocenters. The highest BCUT2D eigenvalue weighted by Crippen LogP contribution is 2.19. The van der Waals surface area contributed by atoms with Crippen LogP contribution in [0.4, 0.5) is 0 Å². The van der Waals surface area contributed by atoms with Crippen molar-refractivity contribution in [3.8, 4) is 0 Å². The number of halogens is 1. The Labute approximate surface area is 182 Å². The third-order valence-corrected chi connectivity index (χ3v) is 5.84. The maximum atomic E-state index is 3.72. The molecule has 164 valence electrons. The van der Waals surface area contributed by atoms with Crippen LogP contribution in [0, 0.1) is 0 Å². The Balaban J connectivity index is 0.00000729.